The first-order chi connectivity index (χ1) is 12.9. The quantitative estimate of drug-likeness (QED) is 0.563. The van der Waals surface area contributed by atoms with E-state index in [4.69, 9.17) is 9.47 Å². The fourth-order valence-electron chi connectivity index (χ4n) is 2.31. The zero-order valence-corrected chi connectivity index (χ0v) is 14.9. The summed E-state index contributed by atoms with van der Waals surface area (Å²) in [6.07, 6.45) is 3.79. The summed E-state index contributed by atoms with van der Waals surface area (Å²) in [5.41, 5.74) is 0.853. The molecule has 0 aliphatic heterocycles. The van der Waals surface area contributed by atoms with Crippen molar-refractivity contribution in [2.75, 3.05) is 13.7 Å². The highest BCUT2D eigenvalue weighted by Crippen LogP contribution is 2.28. The molecular formula is C19H19N2O6-. The van der Waals surface area contributed by atoms with Gasteiger partial charge in [0.2, 0.25) is 0 Å². The molecule has 0 aliphatic rings. The Balaban J connectivity index is 1.95. The second kappa shape index (κ2) is 9.23. The molecule has 8 nitrogen and oxygen atoms in total. The molecular weight excluding hydrogens is 352 g/mol. The Morgan fingerprint density at radius 1 is 1.22 bits per heavy atom. The first-order valence-corrected chi connectivity index (χ1v) is 8.09. The SMILES string of the molecule is C/C=C/c1ccc(OCC(=O)NCc2cc([N+](=O)[O-])ccc2[O-])c(OC)c1. The molecule has 2 rings (SSSR count). The molecule has 142 valence electrons. The van der Waals surface area contributed by atoms with Gasteiger partial charge >= 0.3 is 0 Å². The number of methoxy groups -OCH3 is 1. The van der Waals surface area contributed by atoms with Gasteiger partial charge in [0.15, 0.2) is 18.1 Å². The molecule has 27 heavy (non-hydrogen) atoms. The van der Waals surface area contributed by atoms with Crippen LogP contribution >= 0.6 is 0 Å². The molecule has 0 heterocycles. The van der Waals surface area contributed by atoms with Crippen LogP contribution in [0.2, 0.25) is 0 Å². The minimum Gasteiger partial charge on any atom is -0.872 e. The number of nitrogens with one attached hydrogen (secondary N) is 1. The maximum Gasteiger partial charge on any atom is 0.269 e. The zero-order chi connectivity index (χ0) is 19.8. The molecule has 0 saturated carbocycles. The number of carbonyl (C=O) groups excluding carboxylic acids is 1. The second-order valence-corrected chi connectivity index (χ2v) is 5.52. The van der Waals surface area contributed by atoms with E-state index >= 15 is 0 Å². The first-order valence-electron chi connectivity index (χ1n) is 8.09. The predicted molar refractivity (Wildman–Crippen MR) is 97.6 cm³/mol. The van der Waals surface area contributed by atoms with Gasteiger partial charge in [0.05, 0.1) is 12.0 Å². The normalized spacial score (nSPS) is 10.6. The summed E-state index contributed by atoms with van der Waals surface area (Å²) in [6, 6.07) is 8.67. The molecule has 8 heteroatoms. The van der Waals surface area contributed by atoms with Crippen molar-refractivity contribution in [2.24, 2.45) is 0 Å². The van der Waals surface area contributed by atoms with Crippen molar-refractivity contribution in [2.45, 2.75) is 13.5 Å². The topological polar surface area (TPSA) is 114 Å². The van der Waals surface area contributed by atoms with Crippen molar-refractivity contribution in [3.8, 4) is 17.2 Å². The third-order valence-electron chi connectivity index (χ3n) is 3.64. The highest BCUT2D eigenvalue weighted by atomic mass is 16.6. The molecule has 0 saturated heterocycles. The smallest absolute Gasteiger partial charge is 0.269 e. The van der Waals surface area contributed by atoms with Crippen LogP contribution in [0.15, 0.2) is 42.5 Å². The lowest BCUT2D eigenvalue weighted by molar-refractivity contribution is -0.385. The number of nitro groups is 1. The summed E-state index contributed by atoms with van der Waals surface area (Å²) in [4.78, 5) is 22.1. The van der Waals surface area contributed by atoms with E-state index in [2.05, 4.69) is 5.32 Å². The van der Waals surface area contributed by atoms with Gasteiger partial charge in [-0.15, -0.1) is 5.75 Å². The zero-order valence-electron chi connectivity index (χ0n) is 14.9. The summed E-state index contributed by atoms with van der Waals surface area (Å²) in [5.74, 6) is 0.0308. The number of hydrogen-bond acceptors (Lipinski definition) is 6. The Hall–Kier alpha value is -3.55. The molecule has 0 spiro atoms. The maximum atomic E-state index is 12.0. The van der Waals surface area contributed by atoms with Gasteiger partial charge in [0.1, 0.15) is 0 Å². The Morgan fingerprint density at radius 2 is 2.00 bits per heavy atom. The average Bonchev–Trinajstić information content (AvgIpc) is 2.66. The molecule has 0 atom stereocenters. The fourth-order valence-corrected chi connectivity index (χ4v) is 2.31. The molecule has 1 N–H and O–H groups in total. The molecule has 0 unspecified atom stereocenters. The van der Waals surface area contributed by atoms with Crippen molar-refractivity contribution in [1.82, 2.24) is 5.32 Å². The van der Waals surface area contributed by atoms with Crippen LogP contribution in [-0.2, 0) is 11.3 Å². The molecule has 0 fully saturated rings. The van der Waals surface area contributed by atoms with Gasteiger partial charge in [-0.25, -0.2) is 0 Å². The number of ether oxygens (including phenoxy) is 2. The summed E-state index contributed by atoms with van der Waals surface area (Å²) in [5, 5.41) is 25.0. The van der Waals surface area contributed by atoms with Crippen LogP contribution in [0.5, 0.6) is 17.2 Å². The molecule has 2 aromatic carbocycles. The van der Waals surface area contributed by atoms with Gasteiger partial charge in [0.25, 0.3) is 11.6 Å². The highest BCUT2D eigenvalue weighted by molar-refractivity contribution is 5.77. The summed E-state index contributed by atoms with van der Waals surface area (Å²) < 4.78 is 10.7. The van der Waals surface area contributed by atoms with Gasteiger partial charge in [-0.3, -0.25) is 14.9 Å². The standard InChI is InChI=1S/C19H20N2O6/c1-3-4-13-5-8-17(18(9-13)26-2)27-12-19(23)20-11-14-10-15(21(24)25)6-7-16(14)22/h3-10,22H,11-12H2,1-2H3,(H,20,23)/p-1/b4-3+. The number of carbonyl (C=O) groups is 1. The lowest BCUT2D eigenvalue weighted by Gasteiger charge is -2.14. The molecule has 0 aromatic heterocycles. The van der Waals surface area contributed by atoms with Crippen molar-refractivity contribution in [3.63, 3.8) is 0 Å². The monoisotopic (exact) mass is 371 g/mol. The minimum absolute atomic E-state index is 0.125. The lowest BCUT2D eigenvalue weighted by Crippen LogP contribution is -2.28. The van der Waals surface area contributed by atoms with Crippen molar-refractivity contribution in [3.05, 3.63) is 63.7 Å². The first kappa shape index (κ1) is 19.8. The van der Waals surface area contributed by atoms with E-state index < -0.39 is 10.8 Å². The third kappa shape index (κ3) is 5.46. The molecule has 0 bridgehead atoms. The van der Waals surface area contributed by atoms with Gasteiger partial charge < -0.3 is 19.9 Å². The Bertz CT molecular complexity index is 863. The maximum absolute atomic E-state index is 12.0. The summed E-state index contributed by atoms with van der Waals surface area (Å²) in [6.45, 7) is 1.48. The lowest BCUT2D eigenvalue weighted by atomic mass is 10.2. The van der Waals surface area contributed by atoms with E-state index in [0.29, 0.717) is 11.5 Å². The van der Waals surface area contributed by atoms with E-state index in [0.717, 1.165) is 23.8 Å². The summed E-state index contributed by atoms with van der Waals surface area (Å²) >= 11 is 0. The number of benzene rings is 2. The number of allylic oxidation sites excluding steroid dienone is 1. The molecule has 0 radical (unpaired) electrons. The largest absolute Gasteiger partial charge is 0.872 e. The Morgan fingerprint density at radius 3 is 2.67 bits per heavy atom. The van der Waals surface area contributed by atoms with E-state index in [9.17, 15) is 20.0 Å². The minimum atomic E-state index is -0.600. The Labute approximate surface area is 156 Å². The average molecular weight is 371 g/mol. The van der Waals surface area contributed by atoms with Crippen LogP contribution in [0.4, 0.5) is 5.69 Å². The van der Waals surface area contributed by atoms with Crippen LogP contribution in [-0.4, -0.2) is 24.5 Å². The predicted octanol–water partition coefficient (Wildman–Crippen LogP) is 2.41. The van der Waals surface area contributed by atoms with Crippen LogP contribution in [0, 0.1) is 10.1 Å². The summed E-state index contributed by atoms with van der Waals surface area (Å²) in [7, 11) is 1.50. The van der Waals surface area contributed by atoms with Crippen LogP contribution in [0.1, 0.15) is 18.1 Å². The molecule has 1 amide bonds. The van der Waals surface area contributed by atoms with E-state index in [1.54, 1.807) is 12.1 Å². The molecule has 2 aromatic rings. The highest BCUT2D eigenvalue weighted by Gasteiger charge is 2.10. The number of nitro benzene ring substituents is 1. The van der Waals surface area contributed by atoms with E-state index in [1.807, 2.05) is 25.1 Å². The van der Waals surface area contributed by atoms with Crippen LogP contribution < -0.4 is 19.9 Å². The van der Waals surface area contributed by atoms with Crippen LogP contribution in [0.3, 0.4) is 0 Å². The van der Waals surface area contributed by atoms with Gasteiger partial charge in [-0.1, -0.05) is 24.3 Å². The third-order valence-corrected chi connectivity index (χ3v) is 3.64. The number of rotatable bonds is 8. The molecule has 0 aliphatic carbocycles. The number of non-ortho nitro benzene ring substituents is 1. The van der Waals surface area contributed by atoms with Crippen LogP contribution in [0.25, 0.3) is 6.08 Å². The van der Waals surface area contributed by atoms with E-state index in [1.165, 1.54) is 7.11 Å². The Kier molecular flexibility index (Phi) is 6.76. The van der Waals surface area contributed by atoms with E-state index in [-0.39, 0.29) is 30.2 Å². The van der Waals surface area contributed by atoms with Crippen molar-refractivity contribution >= 4 is 17.7 Å². The number of amides is 1. The van der Waals surface area contributed by atoms with Crippen molar-refractivity contribution in [1.29, 1.82) is 0 Å². The second-order valence-electron chi connectivity index (χ2n) is 5.52. The number of hydrogen-bond donors (Lipinski definition) is 1. The van der Waals surface area contributed by atoms with Gasteiger partial charge in [-0.2, -0.15) is 0 Å². The van der Waals surface area contributed by atoms with Gasteiger partial charge in [0, 0.05) is 18.7 Å². The number of nitrogens with zero attached hydrogens (tertiary/aromatic N) is 1. The van der Waals surface area contributed by atoms with Crippen molar-refractivity contribution < 1.29 is 24.3 Å². The van der Waals surface area contributed by atoms with Gasteiger partial charge in [-0.05, 0) is 30.2 Å². The fraction of sp³-hybridized carbons (Fsp3) is 0.211.